The van der Waals surface area contributed by atoms with Crippen LogP contribution in [0.25, 0.3) is 5.76 Å². The zero-order valence-corrected chi connectivity index (χ0v) is 26.0. The minimum Gasteiger partial charge on any atom is -0.507 e. The lowest BCUT2D eigenvalue weighted by atomic mass is 9.95. The average Bonchev–Trinajstić information content (AvgIpc) is 3.62. The summed E-state index contributed by atoms with van der Waals surface area (Å²) in [6.07, 6.45) is 1.87. The van der Waals surface area contributed by atoms with Gasteiger partial charge in [0.25, 0.3) is 5.78 Å². The van der Waals surface area contributed by atoms with E-state index in [-0.39, 0.29) is 16.5 Å². The summed E-state index contributed by atoms with van der Waals surface area (Å²) in [5.41, 5.74) is 3.20. The predicted molar refractivity (Wildman–Crippen MR) is 170 cm³/mol. The smallest absolute Gasteiger partial charge is 0.301 e. The molecular formula is C33H31N3O6S2. The number of Topliss-reactive ketones (excluding diaryl/α,β-unsaturated/α-hetero) is 1. The van der Waals surface area contributed by atoms with Gasteiger partial charge in [-0.25, -0.2) is 0 Å². The van der Waals surface area contributed by atoms with Gasteiger partial charge in [-0.15, -0.1) is 10.2 Å². The first-order valence-electron chi connectivity index (χ1n) is 14.4. The van der Waals surface area contributed by atoms with E-state index in [1.165, 1.54) is 33.6 Å². The van der Waals surface area contributed by atoms with Crippen molar-refractivity contribution in [1.82, 2.24) is 10.2 Å². The summed E-state index contributed by atoms with van der Waals surface area (Å²) in [6.45, 7) is 5.46. The fraction of sp³-hybridized carbons (Fsp3) is 0.273. The first-order valence-corrected chi connectivity index (χ1v) is 16.2. The molecule has 0 aliphatic carbocycles. The number of unbranched alkanes of at least 4 members (excludes halogenated alkanes) is 1. The number of hydrogen-bond donors (Lipinski definition) is 1. The van der Waals surface area contributed by atoms with E-state index in [0.717, 1.165) is 18.4 Å². The highest BCUT2D eigenvalue weighted by atomic mass is 32.2. The van der Waals surface area contributed by atoms with Crippen molar-refractivity contribution in [1.29, 1.82) is 0 Å². The van der Waals surface area contributed by atoms with Crippen molar-refractivity contribution < 1.29 is 28.9 Å². The lowest BCUT2D eigenvalue weighted by Crippen LogP contribution is -2.29. The number of ketones is 1. The number of carbonyl (C=O) groups is 2. The molecule has 1 fully saturated rings. The molecule has 1 saturated heterocycles. The van der Waals surface area contributed by atoms with Crippen LogP contribution in [0, 0.1) is 6.92 Å². The van der Waals surface area contributed by atoms with Crippen LogP contribution in [0.15, 0.2) is 76.6 Å². The van der Waals surface area contributed by atoms with Crippen LogP contribution in [0.4, 0.5) is 5.13 Å². The molecule has 0 spiro atoms. The monoisotopic (exact) mass is 629 g/mol. The Morgan fingerprint density at radius 2 is 1.84 bits per heavy atom. The van der Waals surface area contributed by atoms with Crippen LogP contribution in [-0.2, 0) is 15.3 Å². The number of rotatable bonds is 10. The summed E-state index contributed by atoms with van der Waals surface area (Å²) in [6, 6.07) is 19.5. The van der Waals surface area contributed by atoms with E-state index in [4.69, 9.17) is 14.2 Å². The summed E-state index contributed by atoms with van der Waals surface area (Å²) in [4.78, 5) is 28.7. The van der Waals surface area contributed by atoms with Crippen LogP contribution < -0.4 is 19.1 Å². The molecule has 11 heteroatoms. The predicted octanol–water partition coefficient (Wildman–Crippen LogP) is 6.72. The van der Waals surface area contributed by atoms with E-state index in [2.05, 4.69) is 41.4 Å². The summed E-state index contributed by atoms with van der Waals surface area (Å²) in [5, 5.41) is 20.5. The van der Waals surface area contributed by atoms with E-state index in [1.807, 2.05) is 19.1 Å². The van der Waals surface area contributed by atoms with Crippen molar-refractivity contribution >= 4 is 45.7 Å². The number of fused-ring (bicyclic) bond motifs is 1. The highest BCUT2D eigenvalue weighted by Gasteiger charge is 2.48. The van der Waals surface area contributed by atoms with Gasteiger partial charge >= 0.3 is 5.91 Å². The number of nitrogens with zero attached hydrogens (tertiary/aromatic N) is 3. The molecule has 1 unspecified atom stereocenters. The average molecular weight is 630 g/mol. The Morgan fingerprint density at radius 3 is 2.64 bits per heavy atom. The fourth-order valence-corrected chi connectivity index (χ4v) is 6.81. The molecule has 1 amide bonds. The summed E-state index contributed by atoms with van der Waals surface area (Å²) < 4.78 is 17.9. The van der Waals surface area contributed by atoms with Gasteiger partial charge in [0.15, 0.2) is 15.8 Å². The first-order chi connectivity index (χ1) is 21.4. The quantitative estimate of drug-likeness (QED) is 0.0511. The van der Waals surface area contributed by atoms with Crippen LogP contribution in [0.1, 0.15) is 48.1 Å². The van der Waals surface area contributed by atoms with Gasteiger partial charge < -0.3 is 19.3 Å². The van der Waals surface area contributed by atoms with Gasteiger partial charge in [-0.05, 0) is 54.8 Å². The molecule has 9 nitrogen and oxygen atoms in total. The number of aliphatic hydroxyl groups is 1. The van der Waals surface area contributed by atoms with Gasteiger partial charge in [0.05, 0.1) is 18.2 Å². The number of anilines is 1. The van der Waals surface area contributed by atoms with Gasteiger partial charge in [-0.2, -0.15) is 0 Å². The molecule has 2 aliphatic heterocycles. The van der Waals surface area contributed by atoms with E-state index >= 15 is 0 Å². The standard InChI is InChI=1S/C33H31N3O6S2/c1-3-4-14-40-24-7-5-6-22(17-24)28-27(29(37)23-12-13-25-26(18-23)42-16-15-41-25)30(38)31(39)36(28)32-34-35-33(44-32)43-19-21-10-8-20(2)9-11-21/h5-13,17-18,28,37H,3-4,14-16,19H2,1-2H3/b29-27-. The van der Waals surface area contributed by atoms with Crippen molar-refractivity contribution in [3.8, 4) is 17.2 Å². The van der Waals surface area contributed by atoms with Crippen LogP contribution in [-0.4, -0.2) is 46.8 Å². The molecule has 226 valence electrons. The van der Waals surface area contributed by atoms with Gasteiger partial charge in [0, 0.05) is 11.3 Å². The maximum atomic E-state index is 13.7. The van der Waals surface area contributed by atoms with Gasteiger partial charge in [0.1, 0.15) is 24.7 Å². The minimum atomic E-state index is -0.958. The Labute approximate surface area is 263 Å². The Hall–Kier alpha value is -4.35. The number of aromatic nitrogens is 2. The lowest BCUT2D eigenvalue weighted by molar-refractivity contribution is -0.132. The fourth-order valence-electron chi connectivity index (χ4n) is 4.99. The molecule has 0 saturated carbocycles. The minimum absolute atomic E-state index is 0.0542. The highest BCUT2D eigenvalue weighted by molar-refractivity contribution is 8.00. The molecule has 0 radical (unpaired) electrons. The molecule has 4 aromatic rings. The number of aliphatic hydroxyl groups excluding tert-OH is 1. The third-order valence-corrected chi connectivity index (χ3v) is 9.41. The summed E-state index contributed by atoms with van der Waals surface area (Å²) >= 11 is 2.73. The Bertz CT molecular complexity index is 1720. The summed E-state index contributed by atoms with van der Waals surface area (Å²) in [5.74, 6) is 0.360. The lowest BCUT2D eigenvalue weighted by Gasteiger charge is -2.23. The van der Waals surface area contributed by atoms with Gasteiger partial charge in [-0.3, -0.25) is 14.5 Å². The topological polar surface area (TPSA) is 111 Å². The number of carbonyl (C=O) groups excluding carboxylic acids is 2. The van der Waals surface area contributed by atoms with Crippen LogP contribution >= 0.6 is 23.1 Å². The Kier molecular flexibility index (Phi) is 8.85. The maximum Gasteiger partial charge on any atom is 0.301 e. The van der Waals surface area contributed by atoms with Crippen molar-refractivity contribution in [3.63, 3.8) is 0 Å². The van der Waals surface area contributed by atoms with Crippen molar-refractivity contribution in [2.45, 2.75) is 42.8 Å². The van der Waals surface area contributed by atoms with E-state index < -0.39 is 17.7 Å². The van der Waals surface area contributed by atoms with E-state index in [1.54, 1.807) is 30.3 Å². The van der Waals surface area contributed by atoms with Crippen molar-refractivity contribution in [3.05, 3.63) is 94.6 Å². The van der Waals surface area contributed by atoms with Crippen LogP contribution in [0.3, 0.4) is 0 Å². The van der Waals surface area contributed by atoms with Gasteiger partial charge in [-0.1, -0.05) is 78.4 Å². The van der Waals surface area contributed by atoms with Crippen molar-refractivity contribution in [2.75, 3.05) is 24.7 Å². The number of benzene rings is 3. The highest BCUT2D eigenvalue weighted by Crippen LogP contribution is 2.45. The Morgan fingerprint density at radius 1 is 1.05 bits per heavy atom. The SMILES string of the molecule is CCCCOc1cccc(C2/C(=C(/O)c3ccc4c(c3)OCCO4)C(=O)C(=O)N2c2nnc(SCc3ccc(C)cc3)s2)c1. The van der Waals surface area contributed by atoms with Crippen LogP contribution in [0.2, 0.25) is 0 Å². The number of thioether (sulfide) groups is 1. The number of ether oxygens (including phenoxy) is 3. The molecule has 3 heterocycles. The molecule has 3 aromatic carbocycles. The number of amides is 1. The summed E-state index contributed by atoms with van der Waals surface area (Å²) in [7, 11) is 0. The third kappa shape index (κ3) is 6.15. The second-order valence-corrected chi connectivity index (χ2v) is 12.6. The second-order valence-electron chi connectivity index (χ2n) is 10.4. The zero-order chi connectivity index (χ0) is 30.6. The molecule has 1 N–H and O–H groups in total. The first kappa shape index (κ1) is 29.7. The molecule has 1 atom stereocenters. The molecular weight excluding hydrogens is 599 g/mol. The van der Waals surface area contributed by atoms with E-state index in [0.29, 0.717) is 58.3 Å². The molecule has 6 rings (SSSR count). The largest absolute Gasteiger partial charge is 0.507 e. The molecule has 44 heavy (non-hydrogen) atoms. The number of hydrogen-bond acceptors (Lipinski definition) is 10. The maximum absolute atomic E-state index is 13.7. The van der Waals surface area contributed by atoms with E-state index in [9.17, 15) is 14.7 Å². The van der Waals surface area contributed by atoms with Gasteiger partial charge in [0.2, 0.25) is 5.13 Å². The van der Waals surface area contributed by atoms with Crippen LogP contribution in [0.5, 0.6) is 17.2 Å². The normalized spacial score (nSPS) is 17.2. The third-order valence-electron chi connectivity index (χ3n) is 7.29. The Balaban J connectivity index is 1.38. The number of aryl methyl sites for hydroxylation is 1. The molecule has 2 aliphatic rings. The molecule has 0 bridgehead atoms. The zero-order valence-electron chi connectivity index (χ0n) is 24.3. The second kappa shape index (κ2) is 13.1. The van der Waals surface area contributed by atoms with Crippen molar-refractivity contribution in [2.24, 2.45) is 0 Å². The molecule has 1 aromatic heterocycles.